The van der Waals surface area contributed by atoms with Gasteiger partial charge in [-0.05, 0) is 11.8 Å². The number of aromatic nitrogens is 4. The molecule has 2 rings (SSSR count). The normalized spacial score (nSPS) is 10.4. The Morgan fingerprint density at radius 3 is 2.84 bits per heavy atom. The molecule has 1 N–H and O–H groups in total. The van der Waals surface area contributed by atoms with E-state index in [1.54, 1.807) is 17.9 Å². The summed E-state index contributed by atoms with van der Waals surface area (Å²) >= 11 is 0. The van der Waals surface area contributed by atoms with Gasteiger partial charge in [0, 0.05) is 7.05 Å². The third-order valence-electron chi connectivity index (χ3n) is 2.63. The number of rotatable bonds is 4. The largest absolute Gasteiger partial charge is 0.389 e. The van der Waals surface area contributed by atoms with Gasteiger partial charge in [-0.25, -0.2) is 0 Å². The van der Waals surface area contributed by atoms with E-state index in [1.807, 2.05) is 6.92 Å². The van der Waals surface area contributed by atoms with Gasteiger partial charge in [0.2, 0.25) is 5.91 Å². The second-order valence-corrected chi connectivity index (χ2v) is 3.94. The van der Waals surface area contributed by atoms with Crippen molar-refractivity contribution in [3.8, 4) is 0 Å². The molecule has 1 amide bonds. The van der Waals surface area contributed by atoms with Crippen molar-refractivity contribution in [2.45, 2.75) is 13.5 Å². The lowest BCUT2D eigenvalue weighted by atomic mass is 10.4. The van der Waals surface area contributed by atoms with E-state index >= 15 is 0 Å². The van der Waals surface area contributed by atoms with E-state index in [4.69, 9.17) is 0 Å². The average Bonchev–Trinajstić information content (AvgIpc) is 2.91. The van der Waals surface area contributed by atoms with Crippen LogP contribution < -0.4 is 5.32 Å². The monoisotopic (exact) mass is 264 g/mol. The lowest BCUT2D eigenvalue weighted by molar-refractivity contribution is -0.389. The Morgan fingerprint density at radius 2 is 2.32 bits per heavy atom. The molecular weight excluding hydrogens is 252 g/mol. The van der Waals surface area contributed by atoms with Crippen LogP contribution in [0.4, 0.5) is 11.5 Å². The number of anilines is 1. The van der Waals surface area contributed by atoms with Crippen molar-refractivity contribution in [3.05, 3.63) is 34.3 Å². The summed E-state index contributed by atoms with van der Waals surface area (Å²) in [7, 11) is 1.77. The summed E-state index contributed by atoms with van der Waals surface area (Å²) in [5.74, 6) is -0.612. The molecule has 0 bridgehead atoms. The summed E-state index contributed by atoms with van der Waals surface area (Å²) in [5.41, 5.74) is 1.42. The molecule has 0 fully saturated rings. The molecular formula is C10H12N6O3. The Hall–Kier alpha value is -2.71. The van der Waals surface area contributed by atoms with Crippen molar-refractivity contribution in [2.75, 3.05) is 5.32 Å². The van der Waals surface area contributed by atoms with E-state index in [2.05, 4.69) is 15.5 Å². The SMILES string of the molecule is Cc1c(NC(=O)Cn2ccc([N+](=O)[O-])n2)cnn1C. The molecule has 2 heterocycles. The molecule has 2 aromatic heterocycles. The second-order valence-electron chi connectivity index (χ2n) is 3.94. The van der Waals surface area contributed by atoms with Crippen LogP contribution in [0.15, 0.2) is 18.5 Å². The van der Waals surface area contributed by atoms with Gasteiger partial charge < -0.3 is 15.4 Å². The highest BCUT2D eigenvalue weighted by Crippen LogP contribution is 2.12. The van der Waals surface area contributed by atoms with Crippen LogP contribution in [0.25, 0.3) is 0 Å². The number of amides is 1. The molecule has 0 unspecified atom stereocenters. The molecule has 0 saturated carbocycles. The molecule has 19 heavy (non-hydrogen) atoms. The molecule has 0 aliphatic heterocycles. The summed E-state index contributed by atoms with van der Waals surface area (Å²) in [4.78, 5) is 21.6. The van der Waals surface area contributed by atoms with Crippen LogP contribution in [0.3, 0.4) is 0 Å². The Labute approximate surface area is 108 Å². The Bertz CT molecular complexity index is 629. The first-order valence-electron chi connectivity index (χ1n) is 5.43. The summed E-state index contributed by atoms with van der Waals surface area (Å²) in [5, 5.41) is 20.8. The van der Waals surface area contributed by atoms with Crippen molar-refractivity contribution >= 4 is 17.4 Å². The van der Waals surface area contributed by atoms with Crippen LogP contribution in [0.1, 0.15) is 5.69 Å². The predicted octanol–water partition coefficient (Wildman–Crippen LogP) is 0.472. The standard InChI is InChI=1S/C10H12N6O3/c1-7-8(5-11-14(7)2)12-10(17)6-15-4-3-9(13-15)16(18)19/h3-5H,6H2,1-2H3,(H,12,17). The highest BCUT2D eigenvalue weighted by Gasteiger charge is 2.14. The van der Waals surface area contributed by atoms with Gasteiger partial charge in [-0.2, -0.15) is 9.78 Å². The van der Waals surface area contributed by atoms with Gasteiger partial charge in [-0.3, -0.25) is 9.48 Å². The molecule has 0 spiro atoms. The summed E-state index contributed by atoms with van der Waals surface area (Å²) in [6, 6.07) is 1.24. The topological polar surface area (TPSA) is 108 Å². The first-order valence-corrected chi connectivity index (χ1v) is 5.43. The number of nitrogens with zero attached hydrogens (tertiary/aromatic N) is 5. The zero-order valence-electron chi connectivity index (χ0n) is 10.4. The molecule has 0 aromatic carbocycles. The smallest absolute Gasteiger partial charge is 0.358 e. The van der Waals surface area contributed by atoms with Gasteiger partial charge in [0.15, 0.2) is 0 Å². The average molecular weight is 264 g/mol. The van der Waals surface area contributed by atoms with E-state index < -0.39 is 4.92 Å². The fraction of sp³-hybridized carbons (Fsp3) is 0.300. The maximum Gasteiger partial charge on any atom is 0.389 e. The van der Waals surface area contributed by atoms with Crippen molar-refractivity contribution in [1.29, 1.82) is 0 Å². The van der Waals surface area contributed by atoms with E-state index in [-0.39, 0.29) is 18.3 Å². The van der Waals surface area contributed by atoms with Crippen LogP contribution >= 0.6 is 0 Å². The van der Waals surface area contributed by atoms with E-state index in [0.717, 1.165) is 5.69 Å². The molecule has 0 aliphatic rings. The van der Waals surface area contributed by atoms with Crippen LogP contribution in [-0.2, 0) is 18.4 Å². The van der Waals surface area contributed by atoms with Crippen LogP contribution in [0, 0.1) is 17.0 Å². The lowest BCUT2D eigenvalue weighted by Gasteiger charge is -2.02. The maximum atomic E-state index is 11.7. The Balaban J connectivity index is 2.01. The fourth-order valence-electron chi connectivity index (χ4n) is 1.49. The van der Waals surface area contributed by atoms with Gasteiger partial charge in [0.25, 0.3) is 0 Å². The van der Waals surface area contributed by atoms with Crippen LogP contribution in [-0.4, -0.2) is 30.4 Å². The molecule has 0 aliphatic carbocycles. The third kappa shape index (κ3) is 2.76. The van der Waals surface area contributed by atoms with Gasteiger partial charge >= 0.3 is 5.82 Å². The van der Waals surface area contributed by atoms with Crippen molar-refractivity contribution in [1.82, 2.24) is 19.6 Å². The van der Waals surface area contributed by atoms with Gasteiger partial charge in [-0.1, -0.05) is 0 Å². The number of carbonyl (C=O) groups is 1. The number of nitro groups is 1. The zero-order valence-corrected chi connectivity index (χ0v) is 10.4. The van der Waals surface area contributed by atoms with Gasteiger partial charge in [0.1, 0.15) is 6.54 Å². The minimum absolute atomic E-state index is 0.0951. The predicted molar refractivity (Wildman–Crippen MR) is 65.5 cm³/mol. The molecule has 0 radical (unpaired) electrons. The van der Waals surface area contributed by atoms with E-state index in [1.165, 1.54) is 16.9 Å². The Kier molecular flexibility index (Phi) is 3.27. The number of hydrogen-bond acceptors (Lipinski definition) is 5. The minimum atomic E-state index is -0.611. The molecule has 9 nitrogen and oxygen atoms in total. The minimum Gasteiger partial charge on any atom is -0.358 e. The summed E-state index contributed by atoms with van der Waals surface area (Å²) < 4.78 is 2.84. The van der Waals surface area contributed by atoms with Crippen LogP contribution in [0.5, 0.6) is 0 Å². The highest BCUT2D eigenvalue weighted by molar-refractivity contribution is 5.90. The summed E-state index contributed by atoms with van der Waals surface area (Å²) in [6.45, 7) is 1.73. The maximum absolute atomic E-state index is 11.7. The molecule has 2 aromatic rings. The van der Waals surface area contributed by atoms with Crippen LogP contribution in [0.2, 0.25) is 0 Å². The number of nitrogens with one attached hydrogen (secondary N) is 1. The first kappa shape index (κ1) is 12.7. The zero-order chi connectivity index (χ0) is 14.0. The van der Waals surface area contributed by atoms with Crippen molar-refractivity contribution in [3.63, 3.8) is 0 Å². The number of aryl methyl sites for hydroxylation is 1. The van der Waals surface area contributed by atoms with E-state index in [9.17, 15) is 14.9 Å². The Morgan fingerprint density at radius 1 is 1.58 bits per heavy atom. The van der Waals surface area contributed by atoms with Gasteiger partial charge in [0.05, 0.1) is 34.9 Å². The molecule has 0 atom stereocenters. The third-order valence-corrected chi connectivity index (χ3v) is 2.63. The highest BCUT2D eigenvalue weighted by atomic mass is 16.6. The number of hydrogen-bond donors (Lipinski definition) is 1. The lowest BCUT2D eigenvalue weighted by Crippen LogP contribution is -2.19. The number of carbonyl (C=O) groups excluding carboxylic acids is 1. The first-order chi connectivity index (χ1) is 8.97. The molecule has 0 saturated heterocycles. The quantitative estimate of drug-likeness (QED) is 0.638. The summed E-state index contributed by atoms with van der Waals surface area (Å²) in [6.07, 6.45) is 2.92. The fourth-order valence-corrected chi connectivity index (χ4v) is 1.49. The van der Waals surface area contributed by atoms with Crippen molar-refractivity contribution in [2.24, 2.45) is 7.05 Å². The van der Waals surface area contributed by atoms with E-state index in [0.29, 0.717) is 5.69 Å². The second kappa shape index (κ2) is 4.88. The van der Waals surface area contributed by atoms with Crippen molar-refractivity contribution < 1.29 is 9.72 Å². The molecule has 9 heteroatoms. The van der Waals surface area contributed by atoms with Gasteiger partial charge in [-0.15, -0.1) is 0 Å². The molecule has 100 valence electrons.